The van der Waals surface area contributed by atoms with Crippen LogP contribution in [0.25, 0.3) is 0 Å². The summed E-state index contributed by atoms with van der Waals surface area (Å²) in [7, 11) is 0. The van der Waals surface area contributed by atoms with Crippen molar-refractivity contribution in [3.63, 3.8) is 0 Å². The van der Waals surface area contributed by atoms with Crippen molar-refractivity contribution in [2.45, 2.75) is 31.5 Å². The maximum atomic E-state index is 5.28. The highest BCUT2D eigenvalue weighted by molar-refractivity contribution is 9.08. The van der Waals surface area contributed by atoms with E-state index in [1.807, 2.05) is 0 Å². The zero-order valence-corrected chi connectivity index (χ0v) is 8.60. The first-order chi connectivity index (χ1) is 5.05. The molecule has 11 heavy (non-hydrogen) atoms. The summed E-state index contributed by atoms with van der Waals surface area (Å²) in [6, 6.07) is 0. The molecule has 1 heterocycles. The molecule has 1 aromatic heterocycles. The maximum Gasteiger partial charge on any atom is 0.181 e. The van der Waals surface area contributed by atoms with Crippen molar-refractivity contribution in [2.24, 2.45) is 0 Å². The van der Waals surface area contributed by atoms with Crippen LogP contribution in [0.15, 0.2) is 10.8 Å². The third-order valence-corrected chi connectivity index (χ3v) is 1.98. The van der Waals surface area contributed by atoms with Gasteiger partial charge in [-0.1, -0.05) is 36.7 Å². The Morgan fingerprint density at radius 2 is 2.18 bits per heavy atom. The molecular formula is C8H12BrNO. The van der Waals surface area contributed by atoms with Crippen LogP contribution >= 0.6 is 15.9 Å². The van der Waals surface area contributed by atoms with Gasteiger partial charge in [0.25, 0.3) is 0 Å². The van der Waals surface area contributed by atoms with E-state index in [9.17, 15) is 0 Å². The number of halogens is 1. The van der Waals surface area contributed by atoms with Crippen molar-refractivity contribution in [3.05, 3.63) is 17.8 Å². The van der Waals surface area contributed by atoms with E-state index in [2.05, 4.69) is 41.7 Å². The Balaban J connectivity index is 3.02. The molecule has 0 aliphatic heterocycles. The van der Waals surface area contributed by atoms with Crippen LogP contribution in [-0.4, -0.2) is 4.98 Å². The van der Waals surface area contributed by atoms with Gasteiger partial charge in [0.15, 0.2) is 6.39 Å². The van der Waals surface area contributed by atoms with Gasteiger partial charge in [-0.2, -0.15) is 0 Å². The van der Waals surface area contributed by atoms with E-state index in [-0.39, 0.29) is 5.41 Å². The van der Waals surface area contributed by atoms with E-state index in [1.54, 1.807) is 0 Å². The summed E-state index contributed by atoms with van der Waals surface area (Å²) >= 11 is 3.36. The molecule has 0 amide bonds. The lowest BCUT2D eigenvalue weighted by atomic mass is 9.92. The Hall–Kier alpha value is -0.310. The molecule has 3 heteroatoms. The van der Waals surface area contributed by atoms with E-state index < -0.39 is 0 Å². The average Bonchev–Trinajstić information content (AvgIpc) is 2.31. The van der Waals surface area contributed by atoms with Crippen LogP contribution in [0.5, 0.6) is 0 Å². The van der Waals surface area contributed by atoms with Crippen molar-refractivity contribution >= 4 is 15.9 Å². The zero-order valence-electron chi connectivity index (χ0n) is 7.02. The minimum absolute atomic E-state index is 0.0552. The number of nitrogens with zero attached hydrogens (tertiary/aromatic N) is 1. The molecule has 1 aromatic rings. The largest absolute Gasteiger partial charge is 0.448 e. The lowest BCUT2D eigenvalue weighted by Crippen LogP contribution is -2.11. The van der Waals surface area contributed by atoms with Gasteiger partial charge in [-0.3, -0.25) is 0 Å². The molecule has 0 N–H and O–H groups in total. The highest BCUT2D eigenvalue weighted by Crippen LogP contribution is 2.26. The Morgan fingerprint density at radius 1 is 1.55 bits per heavy atom. The van der Waals surface area contributed by atoms with E-state index >= 15 is 0 Å². The highest BCUT2D eigenvalue weighted by Gasteiger charge is 2.21. The van der Waals surface area contributed by atoms with Crippen LogP contribution in [0.4, 0.5) is 0 Å². The van der Waals surface area contributed by atoms with Crippen molar-refractivity contribution in [1.29, 1.82) is 0 Å². The summed E-state index contributed by atoms with van der Waals surface area (Å²) in [5.74, 6) is 0.967. The lowest BCUT2D eigenvalue weighted by Gasteiger charge is -2.15. The number of hydrogen-bond donors (Lipinski definition) is 0. The van der Waals surface area contributed by atoms with E-state index in [4.69, 9.17) is 4.42 Å². The molecule has 0 saturated carbocycles. The number of oxazole rings is 1. The monoisotopic (exact) mass is 217 g/mol. The fraction of sp³-hybridized carbons (Fsp3) is 0.625. The molecule has 0 aliphatic rings. The van der Waals surface area contributed by atoms with Crippen LogP contribution in [0, 0.1) is 0 Å². The number of aromatic nitrogens is 1. The van der Waals surface area contributed by atoms with Crippen LogP contribution in [-0.2, 0) is 10.7 Å². The normalized spacial score (nSPS) is 12.0. The first-order valence-corrected chi connectivity index (χ1v) is 4.66. The third kappa shape index (κ3) is 1.83. The van der Waals surface area contributed by atoms with Crippen molar-refractivity contribution in [2.75, 3.05) is 0 Å². The second-order valence-electron chi connectivity index (χ2n) is 3.51. The van der Waals surface area contributed by atoms with E-state index in [0.717, 1.165) is 16.8 Å². The van der Waals surface area contributed by atoms with Crippen LogP contribution in [0.3, 0.4) is 0 Å². The second-order valence-corrected chi connectivity index (χ2v) is 4.07. The Kier molecular flexibility index (Phi) is 2.37. The molecule has 2 nitrogen and oxygen atoms in total. The first-order valence-electron chi connectivity index (χ1n) is 3.54. The lowest BCUT2D eigenvalue weighted by molar-refractivity contribution is 0.405. The average molecular weight is 218 g/mol. The molecular weight excluding hydrogens is 206 g/mol. The number of rotatable bonds is 1. The van der Waals surface area contributed by atoms with Gasteiger partial charge >= 0.3 is 0 Å². The molecule has 0 atom stereocenters. The zero-order chi connectivity index (χ0) is 8.48. The smallest absolute Gasteiger partial charge is 0.181 e. The summed E-state index contributed by atoms with van der Waals surface area (Å²) < 4.78 is 5.28. The summed E-state index contributed by atoms with van der Waals surface area (Å²) in [6.45, 7) is 6.33. The van der Waals surface area contributed by atoms with E-state index in [1.165, 1.54) is 6.39 Å². The van der Waals surface area contributed by atoms with Crippen LogP contribution < -0.4 is 0 Å². The summed E-state index contributed by atoms with van der Waals surface area (Å²) in [5.41, 5.74) is 1.05. The minimum atomic E-state index is 0.0552. The molecule has 0 aliphatic carbocycles. The predicted octanol–water partition coefficient (Wildman–Crippen LogP) is 2.87. The molecule has 0 spiro atoms. The standard InChI is InChI=1S/C8H12BrNO/c1-8(2,3)7-6(4-9)10-5-11-7/h5H,4H2,1-3H3. The molecule has 0 fully saturated rings. The van der Waals surface area contributed by atoms with Gasteiger partial charge in [0.2, 0.25) is 0 Å². The summed E-state index contributed by atoms with van der Waals surface area (Å²) in [4.78, 5) is 4.09. The SMILES string of the molecule is CC(C)(C)c1ocnc1CBr. The van der Waals surface area contributed by atoms with Gasteiger partial charge in [0.1, 0.15) is 5.76 Å². The van der Waals surface area contributed by atoms with Crippen LogP contribution in [0.2, 0.25) is 0 Å². The van der Waals surface area contributed by atoms with Crippen molar-refractivity contribution < 1.29 is 4.42 Å². The van der Waals surface area contributed by atoms with Gasteiger partial charge in [-0.25, -0.2) is 4.98 Å². The fourth-order valence-corrected chi connectivity index (χ4v) is 1.37. The molecule has 62 valence electrons. The quantitative estimate of drug-likeness (QED) is 0.677. The molecule has 0 unspecified atom stereocenters. The fourth-order valence-electron chi connectivity index (χ4n) is 0.974. The minimum Gasteiger partial charge on any atom is -0.448 e. The summed E-state index contributed by atoms with van der Waals surface area (Å²) in [6.07, 6.45) is 1.50. The summed E-state index contributed by atoms with van der Waals surface area (Å²) in [5, 5.41) is 0.760. The van der Waals surface area contributed by atoms with Crippen molar-refractivity contribution in [1.82, 2.24) is 4.98 Å². The Bertz CT molecular complexity index is 236. The number of alkyl halides is 1. The molecule has 0 saturated heterocycles. The van der Waals surface area contributed by atoms with Gasteiger partial charge in [0.05, 0.1) is 5.69 Å². The second kappa shape index (κ2) is 2.97. The van der Waals surface area contributed by atoms with E-state index in [0.29, 0.717) is 0 Å². The van der Waals surface area contributed by atoms with Gasteiger partial charge < -0.3 is 4.42 Å². The Labute approximate surface area is 75.1 Å². The molecule has 0 aromatic carbocycles. The molecule has 1 rings (SSSR count). The van der Waals surface area contributed by atoms with Gasteiger partial charge in [0, 0.05) is 10.7 Å². The Morgan fingerprint density at radius 3 is 2.55 bits per heavy atom. The topological polar surface area (TPSA) is 26.0 Å². The highest BCUT2D eigenvalue weighted by atomic mass is 79.9. The van der Waals surface area contributed by atoms with Gasteiger partial charge in [-0.15, -0.1) is 0 Å². The third-order valence-electron chi connectivity index (χ3n) is 1.45. The predicted molar refractivity (Wildman–Crippen MR) is 47.8 cm³/mol. The van der Waals surface area contributed by atoms with Crippen LogP contribution in [0.1, 0.15) is 32.2 Å². The van der Waals surface area contributed by atoms with Crippen molar-refractivity contribution in [3.8, 4) is 0 Å². The molecule has 0 radical (unpaired) electrons. The number of hydrogen-bond acceptors (Lipinski definition) is 2. The molecule has 0 bridgehead atoms. The first kappa shape index (κ1) is 8.78. The van der Waals surface area contributed by atoms with Gasteiger partial charge in [-0.05, 0) is 0 Å². The maximum absolute atomic E-state index is 5.28.